The lowest BCUT2D eigenvalue weighted by atomic mass is 10.1. The summed E-state index contributed by atoms with van der Waals surface area (Å²) in [5, 5.41) is 3.42. The molecule has 0 saturated carbocycles. The minimum absolute atomic E-state index is 0.0731. The van der Waals surface area contributed by atoms with Crippen molar-refractivity contribution in [2.75, 3.05) is 67.2 Å². The molecule has 12 heteroatoms. The van der Waals surface area contributed by atoms with Gasteiger partial charge in [0.25, 0.3) is 0 Å². The Bertz CT molecular complexity index is 1280. The maximum Gasteiger partial charge on any atom is 0.226 e. The van der Waals surface area contributed by atoms with Gasteiger partial charge in [0.05, 0.1) is 29.8 Å². The standard InChI is InChI=1S/C25H31ClFN9O/c1-15-12-35(7-6-34(15)3)21-11-18(27)17(10-20(21)32-24-22(28)23(26)30-14-31-24)19-4-5-29-25(33-19)36-8-9-37-16(2)13-36/h4-5,10-11,14-16H,6-9,12-13,28H2,1-3H3,(H,30,31,32)/t15-,16-/m0/s1. The molecule has 5 rings (SSSR count). The smallest absolute Gasteiger partial charge is 0.226 e. The minimum atomic E-state index is -0.374. The SMILES string of the molecule is C[C@H]1CN(c2nccc(-c3cc(Nc4ncnc(Cl)c4N)c(N4CCN(C)[C@@H](C)C4)cc3F)n2)CCO1. The first-order valence-electron chi connectivity index (χ1n) is 12.3. The number of nitrogen functional groups attached to an aromatic ring is 1. The van der Waals surface area contributed by atoms with Crippen molar-refractivity contribution in [1.82, 2.24) is 24.8 Å². The summed E-state index contributed by atoms with van der Waals surface area (Å²) >= 11 is 6.14. The maximum absolute atomic E-state index is 15.7. The van der Waals surface area contributed by atoms with Crippen LogP contribution >= 0.6 is 11.6 Å². The highest BCUT2D eigenvalue weighted by Gasteiger charge is 2.26. The van der Waals surface area contributed by atoms with Gasteiger partial charge in [0.2, 0.25) is 5.95 Å². The number of ether oxygens (including phenoxy) is 1. The quantitative estimate of drug-likeness (QED) is 0.479. The maximum atomic E-state index is 15.7. The lowest BCUT2D eigenvalue weighted by Crippen LogP contribution is -2.50. The molecule has 0 spiro atoms. The molecule has 0 radical (unpaired) electrons. The first-order chi connectivity index (χ1) is 17.8. The summed E-state index contributed by atoms with van der Waals surface area (Å²) in [6.45, 7) is 8.47. The van der Waals surface area contributed by atoms with Gasteiger partial charge in [-0.3, -0.25) is 0 Å². The van der Waals surface area contributed by atoms with E-state index < -0.39 is 0 Å². The first-order valence-corrected chi connectivity index (χ1v) is 12.7. The normalized spacial score (nSPS) is 20.8. The van der Waals surface area contributed by atoms with Gasteiger partial charge in [0, 0.05) is 50.5 Å². The third kappa shape index (κ3) is 5.39. The number of rotatable bonds is 5. The van der Waals surface area contributed by atoms with Crippen LogP contribution < -0.4 is 20.9 Å². The molecule has 1 aromatic carbocycles. The second-order valence-electron chi connectivity index (χ2n) is 9.55. The van der Waals surface area contributed by atoms with Crippen LogP contribution in [0, 0.1) is 5.82 Å². The van der Waals surface area contributed by atoms with Gasteiger partial charge in [-0.1, -0.05) is 11.6 Å². The fourth-order valence-electron chi connectivity index (χ4n) is 4.64. The molecule has 2 aromatic heterocycles. The van der Waals surface area contributed by atoms with Crippen LogP contribution in [-0.4, -0.2) is 83.4 Å². The number of nitrogens with two attached hydrogens (primary N) is 1. The Morgan fingerprint density at radius 2 is 1.95 bits per heavy atom. The molecule has 2 atom stereocenters. The van der Waals surface area contributed by atoms with Crippen molar-refractivity contribution in [3.05, 3.63) is 41.7 Å². The fraction of sp³-hybridized carbons (Fsp3) is 0.440. The number of morpholine rings is 1. The molecule has 0 amide bonds. The summed E-state index contributed by atoms with van der Waals surface area (Å²) in [5.74, 6) is 0.526. The Labute approximate surface area is 220 Å². The summed E-state index contributed by atoms with van der Waals surface area (Å²) in [6, 6.07) is 5.32. The molecule has 4 heterocycles. The predicted molar refractivity (Wildman–Crippen MR) is 144 cm³/mol. The molecule has 0 unspecified atom stereocenters. The van der Waals surface area contributed by atoms with E-state index in [0.29, 0.717) is 60.1 Å². The fourth-order valence-corrected chi connectivity index (χ4v) is 4.77. The van der Waals surface area contributed by atoms with Crippen LogP contribution in [0.15, 0.2) is 30.7 Å². The number of hydrogen-bond acceptors (Lipinski definition) is 10. The number of aromatic nitrogens is 4. The van der Waals surface area contributed by atoms with Gasteiger partial charge in [-0.05, 0) is 39.1 Å². The monoisotopic (exact) mass is 527 g/mol. The average molecular weight is 528 g/mol. The van der Waals surface area contributed by atoms with Gasteiger partial charge in [-0.15, -0.1) is 0 Å². The zero-order valence-electron chi connectivity index (χ0n) is 21.2. The van der Waals surface area contributed by atoms with E-state index >= 15 is 4.39 Å². The van der Waals surface area contributed by atoms with E-state index in [9.17, 15) is 0 Å². The Morgan fingerprint density at radius 3 is 2.73 bits per heavy atom. The zero-order chi connectivity index (χ0) is 26.1. The molecule has 2 aliphatic rings. The van der Waals surface area contributed by atoms with Crippen molar-refractivity contribution in [2.45, 2.75) is 26.0 Å². The van der Waals surface area contributed by atoms with Crippen LogP contribution in [0.25, 0.3) is 11.3 Å². The largest absolute Gasteiger partial charge is 0.393 e. The summed E-state index contributed by atoms with van der Waals surface area (Å²) in [4.78, 5) is 23.8. The van der Waals surface area contributed by atoms with Gasteiger partial charge in [0.15, 0.2) is 11.0 Å². The highest BCUT2D eigenvalue weighted by Crippen LogP contribution is 2.37. The second kappa shape index (κ2) is 10.6. The minimum Gasteiger partial charge on any atom is -0.393 e. The molecule has 2 fully saturated rings. The molecule has 0 bridgehead atoms. The lowest BCUT2D eigenvalue weighted by molar-refractivity contribution is 0.0526. The molecule has 2 aliphatic heterocycles. The Hall–Kier alpha value is -3.28. The third-order valence-corrected chi connectivity index (χ3v) is 7.22. The van der Waals surface area contributed by atoms with Crippen LogP contribution in [0.4, 0.5) is 33.2 Å². The second-order valence-corrected chi connectivity index (χ2v) is 9.90. The van der Waals surface area contributed by atoms with Crippen molar-refractivity contribution in [2.24, 2.45) is 0 Å². The van der Waals surface area contributed by atoms with E-state index in [4.69, 9.17) is 27.1 Å². The van der Waals surface area contributed by atoms with Crippen LogP contribution in [-0.2, 0) is 4.74 Å². The molecular formula is C25H31ClFN9O. The van der Waals surface area contributed by atoms with Gasteiger partial charge in [-0.2, -0.15) is 0 Å². The molecule has 37 heavy (non-hydrogen) atoms. The molecule has 196 valence electrons. The number of halogens is 2. The van der Waals surface area contributed by atoms with E-state index in [2.05, 4.69) is 48.9 Å². The van der Waals surface area contributed by atoms with Crippen molar-refractivity contribution in [3.8, 4) is 11.3 Å². The van der Waals surface area contributed by atoms with Crippen LogP contribution in [0.5, 0.6) is 0 Å². The van der Waals surface area contributed by atoms with Crippen LogP contribution in [0.1, 0.15) is 13.8 Å². The average Bonchev–Trinajstić information content (AvgIpc) is 2.89. The Balaban J connectivity index is 1.55. The van der Waals surface area contributed by atoms with Crippen molar-refractivity contribution in [1.29, 1.82) is 0 Å². The summed E-state index contributed by atoms with van der Waals surface area (Å²) in [7, 11) is 2.09. The van der Waals surface area contributed by atoms with Crippen molar-refractivity contribution >= 4 is 40.4 Å². The van der Waals surface area contributed by atoms with Crippen LogP contribution in [0.2, 0.25) is 5.15 Å². The van der Waals surface area contributed by atoms with E-state index in [1.165, 1.54) is 6.33 Å². The van der Waals surface area contributed by atoms with E-state index in [0.717, 1.165) is 19.6 Å². The van der Waals surface area contributed by atoms with E-state index in [1.807, 2.05) is 6.92 Å². The molecular weight excluding hydrogens is 497 g/mol. The predicted octanol–water partition coefficient (Wildman–Crippen LogP) is 3.42. The topological polar surface area (TPSA) is 109 Å². The van der Waals surface area contributed by atoms with Gasteiger partial charge in [0.1, 0.15) is 17.8 Å². The number of anilines is 5. The molecule has 0 aliphatic carbocycles. The van der Waals surface area contributed by atoms with Gasteiger partial charge >= 0.3 is 0 Å². The first kappa shape index (κ1) is 25.4. The molecule has 2 saturated heterocycles. The van der Waals surface area contributed by atoms with Gasteiger partial charge < -0.3 is 30.5 Å². The number of nitrogens with zero attached hydrogens (tertiary/aromatic N) is 7. The highest BCUT2D eigenvalue weighted by molar-refractivity contribution is 6.32. The Kier molecular flexibility index (Phi) is 7.27. The number of benzene rings is 1. The van der Waals surface area contributed by atoms with Crippen molar-refractivity contribution < 1.29 is 9.13 Å². The van der Waals surface area contributed by atoms with Gasteiger partial charge in [-0.25, -0.2) is 24.3 Å². The van der Waals surface area contributed by atoms with Crippen molar-refractivity contribution in [3.63, 3.8) is 0 Å². The van der Waals surface area contributed by atoms with E-state index in [1.54, 1.807) is 24.4 Å². The third-order valence-electron chi connectivity index (χ3n) is 6.92. The Morgan fingerprint density at radius 1 is 1.11 bits per heavy atom. The summed E-state index contributed by atoms with van der Waals surface area (Å²) in [6.07, 6.45) is 3.06. The highest BCUT2D eigenvalue weighted by atomic mass is 35.5. The van der Waals surface area contributed by atoms with Crippen LogP contribution in [0.3, 0.4) is 0 Å². The number of hydrogen-bond donors (Lipinski definition) is 2. The number of nitrogens with one attached hydrogen (secondary N) is 1. The number of piperazine rings is 1. The molecule has 3 aromatic rings. The lowest BCUT2D eigenvalue weighted by Gasteiger charge is -2.39. The molecule has 10 nitrogen and oxygen atoms in total. The summed E-state index contributed by atoms with van der Waals surface area (Å²) < 4.78 is 21.4. The van der Waals surface area contributed by atoms with E-state index in [-0.39, 0.29) is 22.8 Å². The number of likely N-dealkylation sites (N-methyl/N-ethyl adjacent to an activating group) is 1. The zero-order valence-corrected chi connectivity index (χ0v) is 21.9. The molecule has 3 N–H and O–H groups in total. The summed E-state index contributed by atoms with van der Waals surface area (Å²) in [5.41, 5.74) is 8.55.